The first-order chi connectivity index (χ1) is 8.61. The molecule has 0 saturated heterocycles. The zero-order valence-corrected chi connectivity index (χ0v) is 12.2. The average molecular weight is 309 g/mol. The molecule has 0 bridgehead atoms. The van der Waals surface area contributed by atoms with Gasteiger partial charge in [-0.25, -0.2) is 0 Å². The number of hydrogen-bond acceptors (Lipinski definition) is 2. The molecule has 1 N–H and O–H groups in total. The maximum absolute atomic E-state index is 9.06. The van der Waals surface area contributed by atoms with Crippen LogP contribution in [-0.2, 0) is 13.0 Å². The fourth-order valence-electron chi connectivity index (χ4n) is 2.17. The first-order valence-electron chi connectivity index (χ1n) is 6.00. The Kier molecular flexibility index (Phi) is 4.19. The van der Waals surface area contributed by atoms with Crippen LogP contribution < -0.4 is 0 Å². The normalized spacial score (nSPS) is 10.9. The molecule has 0 saturated carbocycles. The molecule has 2 rings (SSSR count). The van der Waals surface area contributed by atoms with E-state index < -0.39 is 0 Å². The zero-order valence-electron chi connectivity index (χ0n) is 10.7. The molecule has 0 radical (unpaired) electrons. The van der Waals surface area contributed by atoms with Gasteiger partial charge >= 0.3 is 0 Å². The van der Waals surface area contributed by atoms with Gasteiger partial charge in [0.15, 0.2) is 0 Å². The van der Waals surface area contributed by atoms with Crippen molar-refractivity contribution in [2.75, 3.05) is 6.61 Å². The molecule has 2 aromatic rings. The van der Waals surface area contributed by atoms with Gasteiger partial charge in [0.2, 0.25) is 0 Å². The molecule has 0 atom stereocenters. The van der Waals surface area contributed by atoms with E-state index in [2.05, 4.69) is 40.1 Å². The summed E-state index contributed by atoms with van der Waals surface area (Å²) in [5.74, 6) is 0. The summed E-state index contributed by atoms with van der Waals surface area (Å²) in [4.78, 5) is 0. The standard InChI is InChI=1S/C14H17BrN2O/c1-10-14(6-7-18)11(2)17(16-10)9-12-4-3-5-13(15)8-12/h3-5,8,18H,6-7,9H2,1-2H3. The van der Waals surface area contributed by atoms with E-state index in [1.807, 2.05) is 23.7 Å². The van der Waals surface area contributed by atoms with Crippen LogP contribution in [0.4, 0.5) is 0 Å². The van der Waals surface area contributed by atoms with E-state index in [1.165, 1.54) is 5.56 Å². The quantitative estimate of drug-likeness (QED) is 0.943. The Morgan fingerprint density at radius 2 is 2.11 bits per heavy atom. The lowest BCUT2D eigenvalue weighted by Gasteiger charge is -2.06. The molecule has 0 aliphatic rings. The first-order valence-corrected chi connectivity index (χ1v) is 6.79. The van der Waals surface area contributed by atoms with Gasteiger partial charge < -0.3 is 5.11 Å². The van der Waals surface area contributed by atoms with Gasteiger partial charge in [-0.05, 0) is 43.5 Å². The van der Waals surface area contributed by atoms with E-state index in [4.69, 9.17) is 5.11 Å². The molecule has 0 aliphatic heterocycles. The highest BCUT2D eigenvalue weighted by molar-refractivity contribution is 9.10. The molecule has 0 unspecified atom stereocenters. The van der Waals surface area contributed by atoms with Gasteiger partial charge in [-0.15, -0.1) is 0 Å². The molecule has 96 valence electrons. The molecule has 0 aliphatic carbocycles. The molecule has 1 aromatic heterocycles. The van der Waals surface area contributed by atoms with Gasteiger partial charge in [-0.3, -0.25) is 4.68 Å². The van der Waals surface area contributed by atoms with Crippen molar-refractivity contribution in [2.45, 2.75) is 26.8 Å². The van der Waals surface area contributed by atoms with Crippen molar-refractivity contribution in [1.82, 2.24) is 9.78 Å². The fourth-order valence-corrected chi connectivity index (χ4v) is 2.62. The molecule has 4 heteroatoms. The predicted octanol–water partition coefficient (Wildman–Crippen LogP) is 2.85. The number of halogens is 1. The Morgan fingerprint density at radius 3 is 2.78 bits per heavy atom. The minimum absolute atomic E-state index is 0.171. The Hall–Kier alpha value is -1.13. The number of benzene rings is 1. The van der Waals surface area contributed by atoms with E-state index in [0.29, 0.717) is 6.42 Å². The number of aliphatic hydroxyl groups is 1. The summed E-state index contributed by atoms with van der Waals surface area (Å²) in [6.45, 7) is 4.99. The third-order valence-electron chi connectivity index (χ3n) is 3.11. The summed E-state index contributed by atoms with van der Waals surface area (Å²) in [5.41, 5.74) is 4.52. The van der Waals surface area contributed by atoms with E-state index in [-0.39, 0.29) is 6.61 Å². The first kappa shape index (κ1) is 13.3. The summed E-state index contributed by atoms with van der Waals surface area (Å²) in [6.07, 6.45) is 0.677. The van der Waals surface area contributed by atoms with Crippen LogP contribution in [0, 0.1) is 13.8 Å². The lowest BCUT2D eigenvalue weighted by molar-refractivity contribution is 0.299. The average Bonchev–Trinajstić information content (AvgIpc) is 2.57. The van der Waals surface area contributed by atoms with Crippen LogP contribution in [0.5, 0.6) is 0 Å². The number of nitrogens with zero attached hydrogens (tertiary/aromatic N) is 2. The molecular weight excluding hydrogens is 292 g/mol. The third kappa shape index (κ3) is 2.82. The van der Waals surface area contributed by atoms with Crippen molar-refractivity contribution < 1.29 is 5.11 Å². The van der Waals surface area contributed by atoms with E-state index in [9.17, 15) is 0 Å². The van der Waals surface area contributed by atoms with Gasteiger partial charge in [-0.2, -0.15) is 5.10 Å². The lowest BCUT2D eigenvalue weighted by atomic mass is 10.1. The zero-order chi connectivity index (χ0) is 13.1. The number of aryl methyl sites for hydroxylation is 1. The fraction of sp³-hybridized carbons (Fsp3) is 0.357. The highest BCUT2D eigenvalue weighted by Gasteiger charge is 2.11. The summed E-state index contributed by atoms with van der Waals surface area (Å²) >= 11 is 3.48. The van der Waals surface area contributed by atoms with Crippen molar-refractivity contribution in [1.29, 1.82) is 0 Å². The van der Waals surface area contributed by atoms with Crippen LogP contribution in [0.2, 0.25) is 0 Å². The summed E-state index contributed by atoms with van der Waals surface area (Å²) in [6, 6.07) is 8.23. The molecule has 1 aromatic carbocycles. The number of rotatable bonds is 4. The van der Waals surface area contributed by atoms with Gasteiger partial charge in [0.25, 0.3) is 0 Å². The van der Waals surface area contributed by atoms with Gasteiger partial charge in [0.1, 0.15) is 0 Å². The Bertz CT molecular complexity index is 549. The minimum Gasteiger partial charge on any atom is -0.396 e. The minimum atomic E-state index is 0.171. The monoisotopic (exact) mass is 308 g/mol. The third-order valence-corrected chi connectivity index (χ3v) is 3.61. The Morgan fingerprint density at radius 1 is 1.33 bits per heavy atom. The molecule has 0 fully saturated rings. The number of aromatic nitrogens is 2. The second-order valence-corrected chi connectivity index (χ2v) is 5.33. The Labute approximate surface area is 116 Å². The van der Waals surface area contributed by atoms with E-state index in [1.54, 1.807) is 0 Å². The highest BCUT2D eigenvalue weighted by Crippen LogP contribution is 2.17. The van der Waals surface area contributed by atoms with E-state index in [0.717, 1.165) is 28.0 Å². The van der Waals surface area contributed by atoms with Crippen LogP contribution in [0.3, 0.4) is 0 Å². The maximum atomic E-state index is 9.06. The second-order valence-electron chi connectivity index (χ2n) is 4.41. The summed E-state index contributed by atoms with van der Waals surface area (Å²) < 4.78 is 3.08. The smallest absolute Gasteiger partial charge is 0.0663 e. The van der Waals surface area contributed by atoms with E-state index >= 15 is 0 Å². The molecule has 18 heavy (non-hydrogen) atoms. The molecular formula is C14H17BrN2O. The Balaban J connectivity index is 2.27. The van der Waals surface area contributed by atoms with Crippen LogP contribution in [0.25, 0.3) is 0 Å². The molecule has 0 amide bonds. The van der Waals surface area contributed by atoms with Crippen molar-refractivity contribution in [3.8, 4) is 0 Å². The van der Waals surface area contributed by atoms with Gasteiger partial charge in [0.05, 0.1) is 12.2 Å². The van der Waals surface area contributed by atoms with Crippen molar-refractivity contribution >= 4 is 15.9 Å². The van der Waals surface area contributed by atoms with Crippen LogP contribution in [0.15, 0.2) is 28.7 Å². The van der Waals surface area contributed by atoms with Crippen LogP contribution in [0.1, 0.15) is 22.5 Å². The largest absolute Gasteiger partial charge is 0.396 e. The van der Waals surface area contributed by atoms with Gasteiger partial charge in [-0.1, -0.05) is 28.1 Å². The molecule has 1 heterocycles. The maximum Gasteiger partial charge on any atom is 0.0663 e. The van der Waals surface area contributed by atoms with Crippen molar-refractivity contribution in [3.05, 3.63) is 51.3 Å². The summed E-state index contributed by atoms with van der Waals surface area (Å²) in [7, 11) is 0. The predicted molar refractivity (Wildman–Crippen MR) is 75.7 cm³/mol. The SMILES string of the molecule is Cc1nn(Cc2cccc(Br)c2)c(C)c1CCO. The molecule has 0 spiro atoms. The lowest BCUT2D eigenvalue weighted by Crippen LogP contribution is -2.04. The number of aliphatic hydroxyl groups excluding tert-OH is 1. The molecule has 3 nitrogen and oxygen atoms in total. The van der Waals surface area contributed by atoms with Crippen LogP contribution in [-0.4, -0.2) is 21.5 Å². The van der Waals surface area contributed by atoms with Crippen molar-refractivity contribution in [2.24, 2.45) is 0 Å². The topological polar surface area (TPSA) is 38.0 Å². The van der Waals surface area contributed by atoms with Crippen molar-refractivity contribution in [3.63, 3.8) is 0 Å². The summed E-state index contributed by atoms with van der Waals surface area (Å²) in [5, 5.41) is 13.6. The highest BCUT2D eigenvalue weighted by atomic mass is 79.9. The second kappa shape index (κ2) is 5.67. The van der Waals surface area contributed by atoms with Crippen LogP contribution >= 0.6 is 15.9 Å². The number of hydrogen-bond donors (Lipinski definition) is 1. The van der Waals surface area contributed by atoms with Gasteiger partial charge in [0, 0.05) is 16.8 Å².